The lowest BCUT2D eigenvalue weighted by Crippen LogP contribution is -2.38. The lowest BCUT2D eigenvalue weighted by molar-refractivity contribution is -0.143. The summed E-state index contributed by atoms with van der Waals surface area (Å²) >= 11 is 0. The van der Waals surface area contributed by atoms with Gasteiger partial charge < -0.3 is 19.5 Å². The second-order valence-electron chi connectivity index (χ2n) is 3.04. The Labute approximate surface area is 86.9 Å². The normalized spacial score (nSPS) is 18.8. The Morgan fingerprint density at radius 3 is 2.87 bits per heavy atom. The quantitative estimate of drug-likeness (QED) is 0.789. The van der Waals surface area contributed by atoms with Crippen molar-refractivity contribution in [2.75, 3.05) is 19.5 Å². The minimum absolute atomic E-state index is 0.310. The van der Waals surface area contributed by atoms with E-state index in [4.69, 9.17) is 14.2 Å². The van der Waals surface area contributed by atoms with Gasteiger partial charge in [0.1, 0.15) is 5.75 Å². The SMILES string of the molecule is COc1ccc2c(c1)OC(OC)C(=O)N2. The highest BCUT2D eigenvalue weighted by atomic mass is 16.7. The van der Waals surface area contributed by atoms with Gasteiger partial charge in [0, 0.05) is 13.2 Å². The van der Waals surface area contributed by atoms with Crippen molar-refractivity contribution in [3.8, 4) is 11.5 Å². The van der Waals surface area contributed by atoms with Gasteiger partial charge in [-0.3, -0.25) is 4.79 Å². The van der Waals surface area contributed by atoms with Crippen molar-refractivity contribution in [1.29, 1.82) is 0 Å². The summed E-state index contributed by atoms with van der Waals surface area (Å²) in [6, 6.07) is 5.16. The van der Waals surface area contributed by atoms with Gasteiger partial charge in [0.2, 0.25) is 0 Å². The molecule has 0 saturated heterocycles. The first-order valence-electron chi connectivity index (χ1n) is 4.43. The van der Waals surface area contributed by atoms with E-state index in [1.165, 1.54) is 7.11 Å². The second-order valence-corrected chi connectivity index (χ2v) is 3.04. The molecule has 5 heteroatoms. The van der Waals surface area contributed by atoms with Crippen LogP contribution in [0.5, 0.6) is 11.5 Å². The number of hydrogen-bond donors (Lipinski definition) is 1. The first kappa shape index (κ1) is 9.79. The van der Waals surface area contributed by atoms with Gasteiger partial charge in [-0.15, -0.1) is 0 Å². The Kier molecular flexibility index (Phi) is 2.47. The fourth-order valence-corrected chi connectivity index (χ4v) is 1.35. The number of hydrogen-bond acceptors (Lipinski definition) is 4. The molecule has 2 rings (SSSR count). The van der Waals surface area contributed by atoms with E-state index >= 15 is 0 Å². The molecule has 15 heavy (non-hydrogen) atoms. The molecular weight excluding hydrogens is 198 g/mol. The van der Waals surface area contributed by atoms with E-state index in [9.17, 15) is 4.79 Å². The average Bonchev–Trinajstić information content (AvgIpc) is 2.27. The van der Waals surface area contributed by atoms with Gasteiger partial charge >= 0.3 is 0 Å². The Morgan fingerprint density at radius 2 is 2.20 bits per heavy atom. The van der Waals surface area contributed by atoms with Gasteiger partial charge in [0.05, 0.1) is 12.8 Å². The van der Waals surface area contributed by atoms with Crippen LogP contribution < -0.4 is 14.8 Å². The molecule has 1 atom stereocenters. The van der Waals surface area contributed by atoms with Crippen LogP contribution in [0.1, 0.15) is 0 Å². The van der Waals surface area contributed by atoms with Crippen molar-refractivity contribution in [2.45, 2.75) is 6.29 Å². The second kappa shape index (κ2) is 3.78. The van der Waals surface area contributed by atoms with Crippen molar-refractivity contribution in [2.24, 2.45) is 0 Å². The minimum Gasteiger partial charge on any atom is -0.497 e. The van der Waals surface area contributed by atoms with E-state index in [2.05, 4.69) is 5.32 Å². The molecule has 0 aliphatic carbocycles. The van der Waals surface area contributed by atoms with Crippen LogP contribution in [-0.2, 0) is 9.53 Å². The molecule has 0 fully saturated rings. The molecule has 0 spiro atoms. The first-order valence-corrected chi connectivity index (χ1v) is 4.43. The highest BCUT2D eigenvalue weighted by Gasteiger charge is 2.27. The predicted molar refractivity (Wildman–Crippen MR) is 53.0 cm³/mol. The number of amides is 1. The Hall–Kier alpha value is -1.75. The molecule has 1 unspecified atom stereocenters. The maximum absolute atomic E-state index is 11.4. The molecule has 0 bridgehead atoms. The number of carbonyl (C=O) groups is 1. The highest BCUT2D eigenvalue weighted by molar-refractivity contribution is 5.96. The van der Waals surface area contributed by atoms with Crippen LogP contribution in [0, 0.1) is 0 Å². The lowest BCUT2D eigenvalue weighted by Gasteiger charge is -2.24. The Morgan fingerprint density at radius 1 is 1.40 bits per heavy atom. The van der Waals surface area contributed by atoms with Crippen molar-refractivity contribution in [1.82, 2.24) is 0 Å². The number of fused-ring (bicyclic) bond motifs is 1. The monoisotopic (exact) mass is 209 g/mol. The van der Waals surface area contributed by atoms with Crippen LogP contribution in [0.25, 0.3) is 0 Å². The molecular formula is C10H11NO4. The predicted octanol–water partition coefficient (Wildman–Crippen LogP) is 0.999. The number of rotatable bonds is 2. The first-order chi connectivity index (χ1) is 7.24. The molecule has 80 valence electrons. The molecule has 1 aliphatic heterocycles. The minimum atomic E-state index is -0.899. The van der Waals surface area contributed by atoms with Crippen LogP contribution in [0.4, 0.5) is 5.69 Å². The smallest absolute Gasteiger partial charge is 0.294 e. The summed E-state index contributed by atoms with van der Waals surface area (Å²) in [5, 5.41) is 2.67. The van der Waals surface area contributed by atoms with Gasteiger partial charge in [-0.2, -0.15) is 0 Å². The van der Waals surface area contributed by atoms with Gasteiger partial charge in [0.15, 0.2) is 5.75 Å². The van der Waals surface area contributed by atoms with Crippen molar-refractivity contribution >= 4 is 11.6 Å². The summed E-state index contributed by atoms with van der Waals surface area (Å²) in [7, 11) is 2.98. The summed E-state index contributed by atoms with van der Waals surface area (Å²) in [5.41, 5.74) is 0.620. The number of benzene rings is 1. The van der Waals surface area contributed by atoms with Crippen LogP contribution in [0.15, 0.2) is 18.2 Å². The van der Waals surface area contributed by atoms with Crippen molar-refractivity contribution < 1.29 is 19.0 Å². The van der Waals surface area contributed by atoms with E-state index < -0.39 is 6.29 Å². The maximum atomic E-state index is 11.4. The lowest BCUT2D eigenvalue weighted by atomic mass is 10.2. The van der Waals surface area contributed by atoms with Gasteiger partial charge in [0.25, 0.3) is 12.2 Å². The fraction of sp³-hybridized carbons (Fsp3) is 0.300. The Bertz CT molecular complexity index is 391. The van der Waals surface area contributed by atoms with E-state index in [0.29, 0.717) is 17.2 Å². The Balaban J connectivity index is 2.33. The zero-order valence-corrected chi connectivity index (χ0v) is 8.44. The number of methoxy groups -OCH3 is 2. The third-order valence-corrected chi connectivity index (χ3v) is 2.11. The standard InChI is InChI=1S/C10H11NO4/c1-13-6-3-4-7-8(5-6)15-10(14-2)9(12)11-7/h3-5,10H,1-2H3,(H,11,12). The number of anilines is 1. The zero-order chi connectivity index (χ0) is 10.8. The van der Waals surface area contributed by atoms with E-state index in [1.54, 1.807) is 25.3 Å². The van der Waals surface area contributed by atoms with E-state index in [0.717, 1.165) is 0 Å². The summed E-state index contributed by atoms with van der Waals surface area (Å²) in [5.74, 6) is 0.899. The third-order valence-electron chi connectivity index (χ3n) is 2.11. The summed E-state index contributed by atoms with van der Waals surface area (Å²) in [6.45, 7) is 0. The molecule has 0 radical (unpaired) electrons. The average molecular weight is 209 g/mol. The number of carbonyl (C=O) groups excluding carboxylic acids is 1. The van der Waals surface area contributed by atoms with Crippen LogP contribution in [0.2, 0.25) is 0 Å². The summed E-state index contributed by atoms with van der Waals surface area (Å²) < 4.78 is 15.2. The third kappa shape index (κ3) is 1.73. The van der Waals surface area contributed by atoms with Crippen molar-refractivity contribution in [3.63, 3.8) is 0 Å². The van der Waals surface area contributed by atoms with Crippen LogP contribution >= 0.6 is 0 Å². The number of nitrogens with one attached hydrogen (secondary N) is 1. The summed E-state index contributed by atoms with van der Waals surface area (Å²) in [4.78, 5) is 11.4. The van der Waals surface area contributed by atoms with E-state index in [-0.39, 0.29) is 5.91 Å². The molecule has 5 nitrogen and oxygen atoms in total. The van der Waals surface area contributed by atoms with Gasteiger partial charge in [-0.25, -0.2) is 0 Å². The molecule has 0 aromatic heterocycles. The zero-order valence-electron chi connectivity index (χ0n) is 8.44. The van der Waals surface area contributed by atoms with Crippen LogP contribution in [-0.4, -0.2) is 26.4 Å². The molecule has 1 N–H and O–H groups in total. The molecule has 1 heterocycles. The van der Waals surface area contributed by atoms with Crippen LogP contribution in [0.3, 0.4) is 0 Å². The largest absolute Gasteiger partial charge is 0.497 e. The molecule has 1 aliphatic rings. The molecule has 1 aromatic rings. The van der Waals surface area contributed by atoms with Gasteiger partial charge in [-0.1, -0.05) is 0 Å². The molecule has 1 aromatic carbocycles. The number of ether oxygens (including phenoxy) is 3. The van der Waals surface area contributed by atoms with E-state index in [1.807, 2.05) is 0 Å². The maximum Gasteiger partial charge on any atom is 0.294 e. The topological polar surface area (TPSA) is 56.8 Å². The summed E-state index contributed by atoms with van der Waals surface area (Å²) in [6.07, 6.45) is -0.899. The fourth-order valence-electron chi connectivity index (χ4n) is 1.35. The molecule has 1 amide bonds. The van der Waals surface area contributed by atoms with Gasteiger partial charge in [-0.05, 0) is 12.1 Å². The molecule has 0 saturated carbocycles. The van der Waals surface area contributed by atoms with Crippen molar-refractivity contribution in [3.05, 3.63) is 18.2 Å². The highest BCUT2D eigenvalue weighted by Crippen LogP contribution is 2.33.